The third-order valence-corrected chi connectivity index (χ3v) is 3.48. The average molecular weight is 312 g/mol. The molecule has 2 aromatic heterocycles. The van der Waals surface area contributed by atoms with E-state index in [9.17, 15) is 0 Å². The number of hydrogen-bond donors (Lipinski definition) is 2. The molecular formula is C19H14N5. The van der Waals surface area contributed by atoms with Gasteiger partial charge in [-0.25, -0.2) is 4.98 Å². The Morgan fingerprint density at radius 3 is 2.75 bits per heavy atom. The second kappa shape index (κ2) is 6.34. The van der Waals surface area contributed by atoms with Crippen LogP contribution in [0.5, 0.6) is 0 Å². The van der Waals surface area contributed by atoms with Crippen LogP contribution in [0.1, 0.15) is 0 Å². The van der Waals surface area contributed by atoms with Crippen LogP contribution in [0.3, 0.4) is 0 Å². The molecule has 5 nitrogen and oxygen atoms in total. The van der Waals surface area contributed by atoms with Gasteiger partial charge in [-0.15, -0.1) is 0 Å². The van der Waals surface area contributed by atoms with Crippen molar-refractivity contribution >= 4 is 34.0 Å². The van der Waals surface area contributed by atoms with Crippen molar-refractivity contribution < 1.29 is 0 Å². The molecule has 5 heteroatoms. The maximum absolute atomic E-state index is 4.47. The van der Waals surface area contributed by atoms with E-state index < -0.39 is 0 Å². The predicted molar refractivity (Wildman–Crippen MR) is 95.6 cm³/mol. The Balaban J connectivity index is 1.56. The first kappa shape index (κ1) is 14.1. The van der Waals surface area contributed by atoms with E-state index in [1.54, 1.807) is 12.4 Å². The Hall–Kier alpha value is -3.47. The van der Waals surface area contributed by atoms with Crippen molar-refractivity contribution in [3.8, 4) is 0 Å². The molecule has 115 valence electrons. The zero-order valence-corrected chi connectivity index (χ0v) is 12.8. The fourth-order valence-corrected chi connectivity index (χ4v) is 2.38. The molecule has 0 unspecified atom stereocenters. The van der Waals surface area contributed by atoms with E-state index in [1.807, 2.05) is 60.7 Å². The maximum Gasteiger partial charge on any atom is 0.229 e. The lowest BCUT2D eigenvalue weighted by molar-refractivity contribution is 1.16. The van der Waals surface area contributed by atoms with Crippen molar-refractivity contribution in [2.24, 2.45) is 0 Å². The Kier molecular flexibility index (Phi) is 3.73. The highest BCUT2D eigenvalue weighted by molar-refractivity contribution is 5.82. The van der Waals surface area contributed by atoms with Gasteiger partial charge in [0.25, 0.3) is 0 Å². The van der Waals surface area contributed by atoms with E-state index in [0.717, 1.165) is 22.3 Å². The second-order valence-electron chi connectivity index (χ2n) is 5.22. The van der Waals surface area contributed by atoms with Gasteiger partial charge in [0.05, 0.1) is 17.4 Å². The molecule has 24 heavy (non-hydrogen) atoms. The van der Waals surface area contributed by atoms with Crippen molar-refractivity contribution in [3.05, 3.63) is 79.1 Å². The van der Waals surface area contributed by atoms with Crippen LogP contribution in [0, 0.1) is 6.07 Å². The van der Waals surface area contributed by atoms with Crippen LogP contribution in [0.2, 0.25) is 0 Å². The third kappa shape index (κ3) is 3.15. The van der Waals surface area contributed by atoms with Crippen molar-refractivity contribution in [3.63, 3.8) is 0 Å². The van der Waals surface area contributed by atoms with Crippen LogP contribution in [0.15, 0.2) is 73.1 Å². The second-order valence-corrected chi connectivity index (χ2v) is 5.22. The summed E-state index contributed by atoms with van der Waals surface area (Å²) < 4.78 is 0. The summed E-state index contributed by atoms with van der Waals surface area (Å²) in [5.74, 6) is 1.22. The minimum Gasteiger partial charge on any atom is -0.339 e. The molecule has 4 rings (SSSR count). The standard InChI is InChI=1S/C19H14N5/c1-2-7-15(8-3-1)23-19-20-11-10-18(24-19)22-16-12-14-6-4-5-9-17(14)21-13-16/h1-2,4-13H,(H2,20,22,23,24). The zero-order valence-electron chi connectivity index (χ0n) is 12.8. The number of para-hydroxylation sites is 1. The molecule has 2 N–H and O–H groups in total. The van der Waals surface area contributed by atoms with Gasteiger partial charge in [-0.2, -0.15) is 4.98 Å². The normalized spacial score (nSPS) is 10.5. The van der Waals surface area contributed by atoms with Crippen LogP contribution in [0.4, 0.5) is 23.1 Å². The van der Waals surface area contributed by atoms with Gasteiger partial charge in [0.15, 0.2) is 0 Å². The van der Waals surface area contributed by atoms with Gasteiger partial charge in [-0.05, 0) is 36.4 Å². The lowest BCUT2D eigenvalue weighted by Crippen LogP contribution is -2.00. The summed E-state index contributed by atoms with van der Waals surface area (Å²) >= 11 is 0. The molecule has 0 fully saturated rings. The molecule has 0 aliphatic heterocycles. The largest absolute Gasteiger partial charge is 0.339 e. The highest BCUT2D eigenvalue weighted by Crippen LogP contribution is 2.20. The molecule has 0 spiro atoms. The van der Waals surface area contributed by atoms with Gasteiger partial charge in [0.1, 0.15) is 5.82 Å². The summed E-state index contributed by atoms with van der Waals surface area (Å²) in [5, 5.41) is 7.49. The molecule has 2 heterocycles. The molecule has 0 atom stereocenters. The van der Waals surface area contributed by atoms with Gasteiger partial charge in [0, 0.05) is 17.3 Å². The Morgan fingerprint density at radius 2 is 1.83 bits per heavy atom. The number of rotatable bonds is 4. The van der Waals surface area contributed by atoms with Gasteiger partial charge >= 0.3 is 0 Å². The topological polar surface area (TPSA) is 62.7 Å². The molecule has 4 aromatic rings. The van der Waals surface area contributed by atoms with E-state index in [4.69, 9.17) is 0 Å². The summed E-state index contributed by atoms with van der Waals surface area (Å²) in [7, 11) is 0. The smallest absolute Gasteiger partial charge is 0.229 e. The van der Waals surface area contributed by atoms with E-state index in [2.05, 4.69) is 31.7 Å². The summed E-state index contributed by atoms with van der Waals surface area (Å²) in [6.07, 6.45) is 3.50. The van der Waals surface area contributed by atoms with Crippen molar-refractivity contribution in [1.29, 1.82) is 0 Å². The summed E-state index contributed by atoms with van der Waals surface area (Å²) in [6, 6.07) is 22.4. The van der Waals surface area contributed by atoms with Crippen LogP contribution in [-0.2, 0) is 0 Å². The summed E-state index contributed by atoms with van der Waals surface area (Å²) in [5.41, 5.74) is 2.74. The predicted octanol–water partition coefficient (Wildman–Crippen LogP) is 4.31. The highest BCUT2D eigenvalue weighted by atomic mass is 15.1. The molecule has 1 radical (unpaired) electrons. The van der Waals surface area contributed by atoms with Gasteiger partial charge < -0.3 is 10.6 Å². The first-order valence-corrected chi connectivity index (χ1v) is 7.55. The molecule has 0 saturated carbocycles. The van der Waals surface area contributed by atoms with Crippen molar-refractivity contribution in [1.82, 2.24) is 15.0 Å². The van der Waals surface area contributed by atoms with Crippen LogP contribution in [0.25, 0.3) is 10.9 Å². The number of hydrogen-bond acceptors (Lipinski definition) is 5. The number of fused-ring (bicyclic) bond motifs is 1. The first-order chi connectivity index (χ1) is 11.9. The maximum atomic E-state index is 4.47. The molecule has 0 aliphatic carbocycles. The number of anilines is 4. The number of nitrogens with zero attached hydrogens (tertiary/aromatic N) is 3. The minimum absolute atomic E-state index is 0.522. The van der Waals surface area contributed by atoms with E-state index in [1.165, 1.54) is 0 Å². The Morgan fingerprint density at radius 1 is 0.875 bits per heavy atom. The highest BCUT2D eigenvalue weighted by Gasteiger charge is 2.02. The molecule has 0 amide bonds. The quantitative estimate of drug-likeness (QED) is 0.588. The lowest BCUT2D eigenvalue weighted by atomic mass is 10.2. The molecule has 0 aliphatic rings. The average Bonchev–Trinajstić information content (AvgIpc) is 2.63. The monoisotopic (exact) mass is 312 g/mol. The number of benzene rings is 2. The Bertz CT molecular complexity index is 969. The number of pyridine rings is 1. The Labute approximate surface area is 139 Å². The lowest BCUT2D eigenvalue weighted by Gasteiger charge is -2.08. The van der Waals surface area contributed by atoms with E-state index in [-0.39, 0.29) is 0 Å². The third-order valence-electron chi connectivity index (χ3n) is 3.48. The van der Waals surface area contributed by atoms with Crippen molar-refractivity contribution in [2.45, 2.75) is 0 Å². The fourth-order valence-electron chi connectivity index (χ4n) is 2.38. The summed E-state index contributed by atoms with van der Waals surface area (Å²) in [6.45, 7) is 0. The summed E-state index contributed by atoms with van der Waals surface area (Å²) in [4.78, 5) is 13.1. The van der Waals surface area contributed by atoms with Gasteiger partial charge in [0.2, 0.25) is 5.95 Å². The SMILES string of the molecule is [c]1cccc(Nc2nccc(Nc3cnc4ccccc4c3)n2)c1. The van der Waals surface area contributed by atoms with Crippen LogP contribution < -0.4 is 10.6 Å². The van der Waals surface area contributed by atoms with Gasteiger partial charge in [-0.1, -0.05) is 30.3 Å². The number of nitrogens with one attached hydrogen (secondary N) is 2. The van der Waals surface area contributed by atoms with Gasteiger partial charge in [-0.3, -0.25) is 4.98 Å². The van der Waals surface area contributed by atoms with Crippen LogP contribution >= 0.6 is 0 Å². The van der Waals surface area contributed by atoms with Crippen molar-refractivity contribution in [2.75, 3.05) is 10.6 Å². The minimum atomic E-state index is 0.522. The number of aromatic nitrogens is 3. The zero-order chi connectivity index (χ0) is 16.2. The molecular weight excluding hydrogens is 298 g/mol. The first-order valence-electron chi connectivity index (χ1n) is 7.55. The van der Waals surface area contributed by atoms with E-state index in [0.29, 0.717) is 11.8 Å². The fraction of sp³-hybridized carbons (Fsp3) is 0. The molecule has 2 aromatic carbocycles. The van der Waals surface area contributed by atoms with E-state index >= 15 is 0 Å². The molecule has 0 bridgehead atoms. The van der Waals surface area contributed by atoms with Crippen LogP contribution in [-0.4, -0.2) is 15.0 Å². The molecule has 0 saturated heterocycles.